The van der Waals surface area contributed by atoms with E-state index in [2.05, 4.69) is 4.90 Å². The Hall–Kier alpha value is -1.75. The molecule has 5 nitrogen and oxygen atoms in total. The number of rotatable bonds is 3. The number of anilines is 2. The van der Waals surface area contributed by atoms with Gasteiger partial charge in [-0.1, -0.05) is 6.07 Å². The number of aliphatic hydroxyl groups is 1. The second-order valence-electron chi connectivity index (χ2n) is 5.93. The summed E-state index contributed by atoms with van der Waals surface area (Å²) >= 11 is 0. The van der Waals surface area contributed by atoms with Gasteiger partial charge in [-0.3, -0.25) is 0 Å². The lowest BCUT2D eigenvalue weighted by atomic mass is 10.00. The summed E-state index contributed by atoms with van der Waals surface area (Å²) in [6.45, 7) is 3.82. The smallest absolute Gasteiger partial charge is 0.340 e. The van der Waals surface area contributed by atoms with Gasteiger partial charge in [-0.2, -0.15) is 0 Å². The number of nitrogens with zero attached hydrogens (tertiary/aromatic N) is 1. The number of hydrogen-bond donors (Lipinski definition) is 2. The van der Waals surface area contributed by atoms with Gasteiger partial charge in [0.25, 0.3) is 0 Å². The largest absolute Gasteiger partial charge is 0.462 e. The lowest BCUT2D eigenvalue weighted by Gasteiger charge is -2.23. The molecule has 0 amide bonds. The van der Waals surface area contributed by atoms with E-state index in [0.29, 0.717) is 29.7 Å². The van der Waals surface area contributed by atoms with Crippen LogP contribution < -0.4 is 10.6 Å². The number of ether oxygens (including phenoxy) is 1. The number of nitrogens with two attached hydrogens (primary N) is 1. The van der Waals surface area contributed by atoms with Crippen LogP contribution in [0.3, 0.4) is 0 Å². The molecule has 3 unspecified atom stereocenters. The van der Waals surface area contributed by atoms with Crippen molar-refractivity contribution < 1.29 is 14.6 Å². The maximum Gasteiger partial charge on any atom is 0.340 e. The number of para-hydroxylation sites is 1. The van der Waals surface area contributed by atoms with E-state index < -0.39 is 0 Å². The Balaban J connectivity index is 1.83. The average molecular weight is 290 g/mol. The fraction of sp³-hybridized carbons (Fsp3) is 0.562. The number of esters is 1. The van der Waals surface area contributed by atoms with Gasteiger partial charge >= 0.3 is 5.97 Å². The molecular weight excluding hydrogens is 268 g/mol. The molecule has 5 heteroatoms. The van der Waals surface area contributed by atoms with Crippen LogP contribution in [0.5, 0.6) is 0 Å². The molecule has 0 radical (unpaired) electrons. The van der Waals surface area contributed by atoms with E-state index in [0.717, 1.165) is 31.6 Å². The maximum absolute atomic E-state index is 11.9. The molecule has 3 atom stereocenters. The van der Waals surface area contributed by atoms with Crippen LogP contribution in [-0.2, 0) is 4.74 Å². The highest BCUT2D eigenvalue weighted by molar-refractivity contribution is 5.98. The van der Waals surface area contributed by atoms with E-state index in [1.165, 1.54) is 0 Å². The van der Waals surface area contributed by atoms with Gasteiger partial charge in [-0.25, -0.2) is 4.79 Å². The van der Waals surface area contributed by atoms with Crippen molar-refractivity contribution in [2.45, 2.75) is 25.9 Å². The Kier molecular flexibility index (Phi) is 3.76. The first-order valence-corrected chi connectivity index (χ1v) is 7.60. The van der Waals surface area contributed by atoms with Crippen molar-refractivity contribution in [2.75, 3.05) is 30.3 Å². The van der Waals surface area contributed by atoms with Crippen LogP contribution in [0.15, 0.2) is 18.2 Å². The predicted molar refractivity (Wildman–Crippen MR) is 81.2 cm³/mol. The lowest BCUT2D eigenvalue weighted by molar-refractivity contribution is 0.0527. The molecule has 1 saturated heterocycles. The molecule has 1 aliphatic heterocycles. The predicted octanol–water partition coefficient (Wildman–Crippen LogP) is 1.65. The van der Waals surface area contributed by atoms with E-state index in [-0.39, 0.29) is 12.1 Å². The van der Waals surface area contributed by atoms with Crippen LogP contribution in [0.2, 0.25) is 0 Å². The Morgan fingerprint density at radius 2 is 2.24 bits per heavy atom. The van der Waals surface area contributed by atoms with Crippen molar-refractivity contribution in [3.63, 3.8) is 0 Å². The van der Waals surface area contributed by atoms with Crippen LogP contribution in [0.4, 0.5) is 11.4 Å². The first-order valence-electron chi connectivity index (χ1n) is 7.60. The molecule has 114 valence electrons. The second-order valence-corrected chi connectivity index (χ2v) is 5.93. The molecule has 2 aliphatic rings. The molecule has 1 heterocycles. The number of aliphatic hydroxyl groups excluding tert-OH is 1. The molecule has 0 bridgehead atoms. The highest BCUT2D eigenvalue weighted by Gasteiger charge is 2.42. The van der Waals surface area contributed by atoms with Crippen molar-refractivity contribution in [3.05, 3.63) is 23.8 Å². The summed E-state index contributed by atoms with van der Waals surface area (Å²) in [5.74, 6) is 0.484. The third-order valence-electron chi connectivity index (χ3n) is 4.74. The van der Waals surface area contributed by atoms with Crippen LogP contribution in [0, 0.1) is 11.8 Å². The number of nitrogen functional groups attached to an aromatic ring is 1. The highest BCUT2D eigenvalue weighted by Crippen LogP contribution is 2.41. The van der Waals surface area contributed by atoms with Gasteiger partial charge in [0, 0.05) is 19.0 Å². The maximum atomic E-state index is 11.9. The van der Waals surface area contributed by atoms with Gasteiger partial charge < -0.3 is 20.5 Å². The third kappa shape index (κ3) is 2.46. The highest BCUT2D eigenvalue weighted by atomic mass is 16.5. The van der Waals surface area contributed by atoms with Gasteiger partial charge in [0.05, 0.1) is 29.6 Å². The van der Waals surface area contributed by atoms with Gasteiger partial charge in [-0.05, 0) is 37.8 Å². The summed E-state index contributed by atoms with van der Waals surface area (Å²) in [5.41, 5.74) is 7.95. The normalized spacial score (nSPS) is 27.7. The Morgan fingerprint density at radius 1 is 1.43 bits per heavy atom. The number of fused-ring (bicyclic) bond motifs is 1. The third-order valence-corrected chi connectivity index (χ3v) is 4.74. The summed E-state index contributed by atoms with van der Waals surface area (Å²) in [4.78, 5) is 14.1. The Labute approximate surface area is 124 Å². The van der Waals surface area contributed by atoms with E-state index in [9.17, 15) is 9.90 Å². The summed E-state index contributed by atoms with van der Waals surface area (Å²) in [7, 11) is 0. The summed E-state index contributed by atoms with van der Waals surface area (Å²) in [5, 5.41) is 10.0. The number of benzene rings is 1. The van der Waals surface area contributed by atoms with Crippen molar-refractivity contribution in [3.8, 4) is 0 Å². The zero-order valence-corrected chi connectivity index (χ0v) is 12.3. The van der Waals surface area contributed by atoms with Gasteiger partial charge in [0.2, 0.25) is 0 Å². The standard InChI is InChI=1S/C16H22N2O3/c1-2-21-16(20)11-4-3-5-13(15(11)17)18-8-10-6-7-14(19)12(10)9-18/h3-5,10,12,14,19H,2,6-9,17H2,1H3. The fourth-order valence-corrected chi connectivity index (χ4v) is 3.65. The van der Waals surface area contributed by atoms with Crippen LogP contribution in [0.25, 0.3) is 0 Å². The van der Waals surface area contributed by atoms with Crippen molar-refractivity contribution in [1.82, 2.24) is 0 Å². The molecule has 0 aromatic heterocycles. The minimum Gasteiger partial charge on any atom is -0.462 e. The van der Waals surface area contributed by atoms with Crippen LogP contribution >= 0.6 is 0 Å². The molecular formula is C16H22N2O3. The molecule has 21 heavy (non-hydrogen) atoms. The summed E-state index contributed by atoms with van der Waals surface area (Å²) < 4.78 is 5.04. The van der Waals surface area contributed by atoms with Crippen molar-refractivity contribution in [1.29, 1.82) is 0 Å². The van der Waals surface area contributed by atoms with Crippen LogP contribution in [0.1, 0.15) is 30.1 Å². The molecule has 1 aromatic rings. The minimum absolute atomic E-state index is 0.200. The number of carbonyl (C=O) groups is 1. The molecule has 2 fully saturated rings. The molecule has 1 aromatic carbocycles. The quantitative estimate of drug-likeness (QED) is 0.654. The Morgan fingerprint density at radius 3 is 2.95 bits per heavy atom. The SMILES string of the molecule is CCOC(=O)c1cccc(N2CC3CCC(O)C3C2)c1N. The van der Waals surface area contributed by atoms with Gasteiger partial charge in [0.1, 0.15) is 0 Å². The average Bonchev–Trinajstić information content (AvgIpc) is 3.02. The number of carbonyl (C=O) groups excluding carboxylic acids is 1. The minimum atomic E-state index is -0.378. The van der Waals surface area contributed by atoms with E-state index >= 15 is 0 Å². The summed E-state index contributed by atoms with van der Waals surface area (Å²) in [6.07, 6.45) is 1.77. The van der Waals surface area contributed by atoms with E-state index in [1.54, 1.807) is 13.0 Å². The monoisotopic (exact) mass is 290 g/mol. The lowest BCUT2D eigenvalue weighted by Crippen LogP contribution is -2.25. The topological polar surface area (TPSA) is 75.8 Å². The molecule has 3 rings (SSSR count). The molecule has 0 spiro atoms. The molecule has 3 N–H and O–H groups in total. The van der Waals surface area contributed by atoms with Gasteiger partial charge in [0.15, 0.2) is 0 Å². The Bertz CT molecular complexity index is 546. The van der Waals surface area contributed by atoms with E-state index in [1.807, 2.05) is 12.1 Å². The summed E-state index contributed by atoms with van der Waals surface area (Å²) in [6, 6.07) is 5.47. The first kappa shape index (κ1) is 14.2. The fourth-order valence-electron chi connectivity index (χ4n) is 3.65. The molecule has 1 saturated carbocycles. The zero-order chi connectivity index (χ0) is 15.0. The van der Waals surface area contributed by atoms with E-state index in [4.69, 9.17) is 10.5 Å². The van der Waals surface area contributed by atoms with Crippen LogP contribution in [-0.4, -0.2) is 36.9 Å². The van der Waals surface area contributed by atoms with Crippen molar-refractivity contribution in [2.24, 2.45) is 11.8 Å². The molecule has 1 aliphatic carbocycles. The second kappa shape index (κ2) is 5.56. The zero-order valence-electron chi connectivity index (χ0n) is 12.3. The van der Waals surface area contributed by atoms with Crippen molar-refractivity contribution >= 4 is 17.3 Å². The van der Waals surface area contributed by atoms with Gasteiger partial charge in [-0.15, -0.1) is 0 Å². The number of hydrogen-bond acceptors (Lipinski definition) is 5. The first-order chi connectivity index (χ1) is 10.1.